The highest BCUT2D eigenvalue weighted by Crippen LogP contribution is 2.29. The summed E-state index contributed by atoms with van der Waals surface area (Å²) in [6, 6.07) is 16.6. The van der Waals surface area contributed by atoms with Crippen LogP contribution < -0.4 is 21.3 Å². The predicted molar refractivity (Wildman–Crippen MR) is 203 cm³/mol. The van der Waals surface area contributed by atoms with Gasteiger partial charge in [0.25, 0.3) is 0 Å². The van der Waals surface area contributed by atoms with E-state index in [-0.39, 0.29) is 36.4 Å². The zero-order valence-corrected chi connectivity index (χ0v) is 32.0. The number of ketones is 1. The zero-order valence-electron chi connectivity index (χ0n) is 32.0. The molecule has 12 nitrogen and oxygen atoms in total. The van der Waals surface area contributed by atoms with Gasteiger partial charge in [-0.05, 0) is 62.5 Å². The maximum absolute atomic E-state index is 13.7. The van der Waals surface area contributed by atoms with Gasteiger partial charge in [0.15, 0.2) is 5.78 Å². The molecule has 2 heterocycles. The van der Waals surface area contributed by atoms with Crippen LogP contribution in [0.25, 0.3) is 0 Å². The van der Waals surface area contributed by atoms with Crippen LogP contribution in [0, 0.1) is 11.8 Å². The lowest BCUT2D eigenvalue weighted by atomic mass is 9.93. The first-order valence-electron chi connectivity index (χ1n) is 19.1. The molecule has 0 aromatic heterocycles. The van der Waals surface area contributed by atoms with E-state index in [0.29, 0.717) is 45.1 Å². The van der Waals surface area contributed by atoms with Gasteiger partial charge in [-0.3, -0.25) is 28.9 Å². The van der Waals surface area contributed by atoms with Crippen LogP contribution in [0.15, 0.2) is 60.7 Å². The minimum absolute atomic E-state index is 0.0965. The highest BCUT2D eigenvalue weighted by molar-refractivity contribution is 5.98. The van der Waals surface area contributed by atoms with Gasteiger partial charge in [0.2, 0.25) is 23.6 Å². The van der Waals surface area contributed by atoms with E-state index >= 15 is 0 Å². The molecule has 2 aliphatic rings. The summed E-state index contributed by atoms with van der Waals surface area (Å²) in [6.07, 6.45) is 2.61. The van der Waals surface area contributed by atoms with Crippen molar-refractivity contribution in [1.82, 2.24) is 26.2 Å². The smallest absolute Gasteiger partial charge is 0.243 e. The number of nitrogens with one attached hydrogen (secondary N) is 4. The van der Waals surface area contributed by atoms with E-state index < -0.39 is 48.0 Å². The Morgan fingerprint density at radius 1 is 0.755 bits per heavy atom. The Morgan fingerprint density at radius 3 is 1.96 bits per heavy atom. The van der Waals surface area contributed by atoms with E-state index in [1.807, 2.05) is 81.4 Å². The summed E-state index contributed by atoms with van der Waals surface area (Å²) in [7, 11) is 0. The molecule has 0 bridgehead atoms. The third kappa shape index (κ3) is 14.0. The minimum Gasteiger partial charge on any atom is -0.379 e. The van der Waals surface area contributed by atoms with Crippen LogP contribution in [0.1, 0.15) is 71.4 Å². The Morgan fingerprint density at radius 2 is 1.36 bits per heavy atom. The van der Waals surface area contributed by atoms with Gasteiger partial charge in [-0.15, -0.1) is 0 Å². The summed E-state index contributed by atoms with van der Waals surface area (Å²) < 4.78 is 10.8. The monoisotopic (exact) mass is 733 g/mol. The molecule has 2 aliphatic heterocycles. The van der Waals surface area contributed by atoms with Crippen molar-refractivity contribution >= 4 is 29.4 Å². The Bertz CT molecular complexity index is 1490. The first-order valence-corrected chi connectivity index (χ1v) is 19.1. The first-order chi connectivity index (χ1) is 25.3. The maximum Gasteiger partial charge on any atom is 0.243 e. The topological polar surface area (TPSA) is 158 Å². The van der Waals surface area contributed by atoms with E-state index in [1.54, 1.807) is 6.92 Å². The highest BCUT2D eigenvalue weighted by atomic mass is 16.6. The second-order valence-electron chi connectivity index (χ2n) is 15.3. The van der Waals surface area contributed by atoms with Crippen molar-refractivity contribution in [3.05, 3.63) is 71.8 Å². The number of Topliss-reactive ketones (excluding diaryl/α,β-unsaturated/α-hetero) is 1. The molecular formula is C41H59N5O7. The van der Waals surface area contributed by atoms with Crippen LogP contribution >= 0.6 is 0 Å². The molecule has 4 rings (SSSR count). The number of hydrogen-bond acceptors (Lipinski definition) is 8. The molecule has 2 aromatic carbocycles. The van der Waals surface area contributed by atoms with Crippen molar-refractivity contribution in [3.63, 3.8) is 0 Å². The summed E-state index contributed by atoms with van der Waals surface area (Å²) in [6.45, 7) is 12.9. The lowest BCUT2D eigenvalue weighted by Gasteiger charge is -2.33. The standard InChI is InChI=1S/C41H59N5O7/c1-28(2)22-34(38(49)41(5)27-53-41)45-40(51)35(25-32-14-10-7-11-15-32)44-37(48)26-42-39(50)33(17-16-31-12-8-6-9-13-31)43-36(47)24-29(3)23-30(4)46-18-20-52-21-19-46/h6-15,28-30,33-35H,16-27H2,1-5H3,(H,42,50)(H,43,47)(H,44,48)(H,45,51)/t29?,30?,33-,34-,35-,41+/m0/s1. The quantitative estimate of drug-likeness (QED) is 0.143. The molecule has 2 aromatic rings. The molecule has 0 aliphatic carbocycles. The largest absolute Gasteiger partial charge is 0.379 e. The average molecular weight is 734 g/mol. The van der Waals surface area contributed by atoms with Crippen LogP contribution in [0.5, 0.6) is 0 Å². The second kappa shape index (κ2) is 20.4. The zero-order chi connectivity index (χ0) is 38.4. The van der Waals surface area contributed by atoms with E-state index in [0.717, 1.165) is 30.6 Å². The van der Waals surface area contributed by atoms with Gasteiger partial charge in [0, 0.05) is 32.0 Å². The summed E-state index contributed by atoms with van der Waals surface area (Å²) in [5.74, 6) is -1.75. The minimum atomic E-state index is -1.01. The molecule has 2 fully saturated rings. The van der Waals surface area contributed by atoms with Crippen LogP contribution in [0.3, 0.4) is 0 Å². The number of carbonyl (C=O) groups excluding carboxylic acids is 5. The number of morpholine rings is 1. The van der Waals surface area contributed by atoms with Crippen molar-refractivity contribution in [2.24, 2.45) is 11.8 Å². The SMILES string of the molecule is CC(C)C[C@H](NC(=O)[C@H](Cc1ccccc1)NC(=O)CNC(=O)[C@H](CCc1ccccc1)NC(=O)CC(C)CC(C)N1CCOCC1)C(=O)[C@@]1(C)CO1. The number of benzene rings is 2. The highest BCUT2D eigenvalue weighted by Gasteiger charge is 2.50. The number of amides is 4. The fraction of sp³-hybridized carbons (Fsp3) is 0.585. The third-order valence-electron chi connectivity index (χ3n) is 9.96. The number of aryl methyl sites for hydroxylation is 1. The molecule has 0 spiro atoms. The molecule has 0 radical (unpaired) electrons. The van der Waals surface area contributed by atoms with E-state index in [9.17, 15) is 24.0 Å². The number of ether oxygens (including phenoxy) is 2. The Labute approximate surface area is 314 Å². The Hall–Kier alpha value is -4.13. The van der Waals surface area contributed by atoms with E-state index in [4.69, 9.17) is 9.47 Å². The van der Waals surface area contributed by atoms with Gasteiger partial charge in [-0.2, -0.15) is 0 Å². The maximum atomic E-state index is 13.7. The molecule has 2 saturated heterocycles. The summed E-state index contributed by atoms with van der Waals surface area (Å²) in [4.78, 5) is 69.4. The van der Waals surface area contributed by atoms with Crippen molar-refractivity contribution in [1.29, 1.82) is 0 Å². The van der Waals surface area contributed by atoms with Crippen LogP contribution in [-0.2, 0) is 46.3 Å². The van der Waals surface area contributed by atoms with Crippen molar-refractivity contribution in [2.45, 2.75) is 103 Å². The number of epoxide rings is 1. The van der Waals surface area contributed by atoms with Crippen molar-refractivity contribution < 1.29 is 33.4 Å². The molecule has 4 amide bonds. The molecule has 290 valence electrons. The first kappa shape index (κ1) is 41.6. The normalized spacial score (nSPS) is 20.0. The van der Waals surface area contributed by atoms with Gasteiger partial charge < -0.3 is 30.7 Å². The summed E-state index contributed by atoms with van der Waals surface area (Å²) in [5.41, 5.74) is 0.927. The number of hydrogen-bond donors (Lipinski definition) is 4. The van der Waals surface area contributed by atoms with Crippen molar-refractivity contribution in [3.8, 4) is 0 Å². The van der Waals surface area contributed by atoms with E-state index in [2.05, 4.69) is 33.1 Å². The molecule has 2 unspecified atom stereocenters. The van der Waals surface area contributed by atoms with Gasteiger partial charge in [-0.1, -0.05) is 81.4 Å². The summed E-state index contributed by atoms with van der Waals surface area (Å²) in [5, 5.41) is 11.3. The van der Waals surface area contributed by atoms with Gasteiger partial charge in [0.1, 0.15) is 17.7 Å². The summed E-state index contributed by atoms with van der Waals surface area (Å²) >= 11 is 0. The Balaban J connectivity index is 1.37. The third-order valence-corrected chi connectivity index (χ3v) is 9.96. The van der Waals surface area contributed by atoms with Crippen LogP contribution in [0.2, 0.25) is 0 Å². The molecule has 0 saturated carbocycles. The van der Waals surface area contributed by atoms with Gasteiger partial charge in [-0.25, -0.2) is 0 Å². The molecule has 6 atom stereocenters. The molecule has 12 heteroatoms. The predicted octanol–water partition coefficient (Wildman–Crippen LogP) is 2.97. The molecular weight excluding hydrogens is 674 g/mol. The second-order valence-corrected chi connectivity index (χ2v) is 15.3. The van der Waals surface area contributed by atoms with Gasteiger partial charge in [0.05, 0.1) is 32.4 Å². The molecule has 53 heavy (non-hydrogen) atoms. The lowest BCUT2D eigenvalue weighted by Crippen LogP contribution is -2.56. The van der Waals surface area contributed by atoms with Gasteiger partial charge >= 0.3 is 0 Å². The van der Waals surface area contributed by atoms with Crippen LogP contribution in [-0.4, -0.2) is 104 Å². The Kier molecular flexibility index (Phi) is 16.0. The molecule has 4 N–H and O–H groups in total. The number of rotatable bonds is 21. The number of carbonyl (C=O) groups is 5. The van der Waals surface area contributed by atoms with E-state index in [1.165, 1.54) is 0 Å². The lowest BCUT2D eigenvalue weighted by molar-refractivity contribution is -0.133. The average Bonchev–Trinajstić information content (AvgIpc) is 3.90. The fourth-order valence-electron chi connectivity index (χ4n) is 6.82. The van der Waals surface area contributed by atoms with Crippen LogP contribution in [0.4, 0.5) is 0 Å². The van der Waals surface area contributed by atoms with Crippen molar-refractivity contribution in [2.75, 3.05) is 39.5 Å². The number of nitrogens with zero attached hydrogens (tertiary/aromatic N) is 1. The fourth-order valence-corrected chi connectivity index (χ4v) is 6.82.